The first kappa shape index (κ1) is 17.6. The summed E-state index contributed by atoms with van der Waals surface area (Å²) < 4.78 is 13.4. The Hall–Kier alpha value is -1.85. The van der Waals surface area contributed by atoms with Gasteiger partial charge in [0.1, 0.15) is 0 Å². The molecule has 1 aliphatic heterocycles. The predicted octanol–water partition coefficient (Wildman–Crippen LogP) is 2.87. The molecule has 0 N–H and O–H groups in total. The molecule has 2 aliphatic rings. The third kappa shape index (κ3) is 3.38. The lowest BCUT2D eigenvalue weighted by atomic mass is 9.81. The number of carbonyl (C=O) groups excluding carboxylic acids is 1. The summed E-state index contributed by atoms with van der Waals surface area (Å²) in [7, 11) is -0.744. The molecule has 0 amide bonds. The summed E-state index contributed by atoms with van der Waals surface area (Å²) in [4.78, 5) is 12.7. The van der Waals surface area contributed by atoms with Gasteiger partial charge in [0.2, 0.25) is 0 Å². The number of hydrogen-bond acceptors (Lipinski definition) is 6. The van der Waals surface area contributed by atoms with E-state index in [1.807, 2.05) is 23.0 Å². The van der Waals surface area contributed by atoms with Crippen molar-refractivity contribution in [3.8, 4) is 6.07 Å². The fraction of sp³-hybridized carbons (Fsp3) is 0.556. The van der Waals surface area contributed by atoms with Crippen LogP contribution in [0, 0.1) is 17.2 Å². The van der Waals surface area contributed by atoms with Crippen LogP contribution in [0.3, 0.4) is 0 Å². The van der Waals surface area contributed by atoms with Crippen LogP contribution in [0.15, 0.2) is 23.0 Å². The summed E-state index contributed by atoms with van der Waals surface area (Å²) in [5.74, 6) is 1.72. The predicted molar refractivity (Wildman–Crippen MR) is 99.5 cm³/mol. The molecule has 3 heterocycles. The second kappa shape index (κ2) is 7.05. The van der Waals surface area contributed by atoms with Crippen LogP contribution in [0.4, 0.5) is 0 Å². The minimum atomic E-state index is -0.744. The fourth-order valence-electron chi connectivity index (χ4n) is 3.63. The molecule has 4 rings (SSSR count). The average Bonchev–Trinajstić information content (AvgIpc) is 3.06. The highest BCUT2D eigenvalue weighted by atomic mass is 32.2. The van der Waals surface area contributed by atoms with Crippen LogP contribution in [0.25, 0.3) is 0 Å². The molecular weight excluding hydrogens is 368 g/mol. The lowest BCUT2D eigenvalue weighted by Crippen LogP contribution is -2.26. The van der Waals surface area contributed by atoms with Gasteiger partial charge in [0.15, 0.2) is 11.3 Å². The number of ketones is 1. The van der Waals surface area contributed by atoms with Gasteiger partial charge in [-0.3, -0.25) is 9.00 Å². The van der Waals surface area contributed by atoms with Gasteiger partial charge in [-0.1, -0.05) is 5.21 Å². The van der Waals surface area contributed by atoms with Crippen molar-refractivity contribution in [2.75, 3.05) is 11.5 Å². The molecule has 2 fully saturated rings. The largest absolute Gasteiger partial charge is 0.294 e. The fourth-order valence-corrected chi connectivity index (χ4v) is 5.63. The quantitative estimate of drug-likeness (QED) is 0.710. The van der Waals surface area contributed by atoms with Gasteiger partial charge in [0.05, 0.1) is 18.0 Å². The maximum absolute atomic E-state index is 12.7. The highest BCUT2D eigenvalue weighted by molar-refractivity contribution is 7.85. The molecule has 2 aromatic rings. The third-order valence-electron chi connectivity index (χ3n) is 5.51. The van der Waals surface area contributed by atoms with E-state index >= 15 is 0 Å². The number of rotatable bonds is 6. The molecule has 1 saturated heterocycles. The van der Waals surface area contributed by atoms with Crippen molar-refractivity contribution in [2.24, 2.45) is 5.92 Å². The van der Waals surface area contributed by atoms with Crippen molar-refractivity contribution >= 4 is 27.9 Å². The van der Waals surface area contributed by atoms with E-state index in [1.165, 1.54) is 11.3 Å². The summed E-state index contributed by atoms with van der Waals surface area (Å²) in [6, 6.07) is 4.18. The Morgan fingerprint density at radius 2 is 2.23 bits per heavy atom. The Bertz CT molecular complexity index is 854. The van der Waals surface area contributed by atoms with Crippen molar-refractivity contribution in [2.45, 2.75) is 43.6 Å². The van der Waals surface area contributed by atoms with Crippen LogP contribution in [0.1, 0.15) is 54.1 Å². The number of nitriles is 1. The van der Waals surface area contributed by atoms with Gasteiger partial charge in [0.25, 0.3) is 0 Å². The summed E-state index contributed by atoms with van der Waals surface area (Å²) in [5.41, 5.74) is 0.983. The lowest BCUT2D eigenvalue weighted by molar-refractivity contribution is 0.0962. The highest BCUT2D eigenvalue weighted by Crippen LogP contribution is 2.43. The molecule has 2 aromatic heterocycles. The van der Waals surface area contributed by atoms with Crippen molar-refractivity contribution in [1.82, 2.24) is 15.0 Å². The second-order valence-corrected chi connectivity index (χ2v) is 9.64. The van der Waals surface area contributed by atoms with E-state index in [1.54, 1.807) is 4.68 Å². The number of Topliss-reactive ketones (excluding diaryl/α,β-unsaturated/α-hetero) is 1. The Kier molecular flexibility index (Phi) is 4.76. The number of thiophene rings is 1. The van der Waals surface area contributed by atoms with E-state index in [-0.39, 0.29) is 17.6 Å². The SMILES string of the molecule is N#CC1(n2cc([C@@H](CC(=O)c3ccsc3)C3CCS(=O)CC3)nn2)CC1. The molecular formula is C18H20N4O2S2. The van der Waals surface area contributed by atoms with Crippen LogP contribution < -0.4 is 0 Å². The third-order valence-corrected chi connectivity index (χ3v) is 7.58. The lowest BCUT2D eigenvalue weighted by Gasteiger charge is -2.28. The Labute approximate surface area is 158 Å². The Morgan fingerprint density at radius 1 is 1.46 bits per heavy atom. The molecule has 0 bridgehead atoms. The number of nitrogens with zero attached hydrogens (tertiary/aromatic N) is 4. The first-order valence-corrected chi connectivity index (χ1v) is 11.3. The summed E-state index contributed by atoms with van der Waals surface area (Å²) in [6.45, 7) is 0. The standard InChI is InChI=1S/C18H20N4O2S2/c19-12-18(4-5-18)22-10-16(20-21-22)15(13-2-7-26(24)8-3-13)9-17(23)14-1-6-25-11-14/h1,6,10-11,13,15H,2-5,7-9H2/t13?,15-,26?/m0/s1. The maximum Gasteiger partial charge on any atom is 0.164 e. The number of aromatic nitrogens is 3. The van der Waals surface area contributed by atoms with Crippen molar-refractivity contribution in [1.29, 1.82) is 5.26 Å². The minimum absolute atomic E-state index is 0.0389. The van der Waals surface area contributed by atoms with Crippen molar-refractivity contribution in [3.63, 3.8) is 0 Å². The topological polar surface area (TPSA) is 88.6 Å². The molecule has 0 radical (unpaired) electrons. The smallest absolute Gasteiger partial charge is 0.164 e. The second-order valence-electron chi connectivity index (χ2n) is 7.16. The zero-order chi connectivity index (χ0) is 18.1. The molecule has 0 aromatic carbocycles. The van der Waals surface area contributed by atoms with Gasteiger partial charge in [-0.2, -0.15) is 16.6 Å². The summed E-state index contributed by atoms with van der Waals surface area (Å²) >= 11 is 1.52. The molecule has 8 heteroatoms. The van der Waals surface area contributed by atoms with Gasteiger partial charge >= 0.3 is 0 Å². The van der Waals surface area contributed by atoms with Crippen LogP contribution in [-0.2, 0) is 16.3 Å². The van der Waals surface area contributed by atoms with E-state index in [9.17, 15) is 14.3 Å². The van der Waals surface area contributed by atoms with E-state index in [0.717, 1.165) is 36.9 Å². The zero-order valence-electron chi connectivity index (χ0n) is 14.3. The Morgan fingerprint density at radius 3 is 2.85 bits per heavy atom. The highest BCUT2D eigenvalue weighted by Gasteiger charge is 2.47. The molecule has 26 heavy (non-hydrogen) atoms. The maximum atomic E-state index is 12.7. The normalized spacial score (nSPS) is 25.3. The molecule has 136 valence electrons. The van der Waals surface area contributed by atoms with Crippen LogP contribution in [0.2, 0.25) is 0 Å². The molecule has 1 atom stereocenters. The molecule has 6 nitrogen and oxygen atoms in total. The van der Waals surface area contributed by atoms with Crippen LogP contribution in [-0.4, -0.2) is 36.5 Å². The minimum Gasteiger partial charge on any atom is -0.294 e. The van der Waals surface area contributed by atoms with Gasteiger partial charge in [-0.15, -0.1) is 5.10 Å². The van der Waals surface area contributed by atoms with E-state index in [4.69, 9.17) is 0 Å². The monoisotopic (exact) mass is 388 g/mol. The molecule has 0 spiro atoms. The first-order valence-electron chi connectivity index (χ1n) is 8.86. The number of carbonyl (C=O) groups is 1. The van der Waals surface area contributed by atoms with Gasteiger partial charge in [-0.25, -0.2) is 4.68 Å². The van der Waals surface area contributed by atoms with Crippen LogP contribution >= 0.6 is 11.3 Å². The van der Waals surface area contributed by atoms with E-state index in [2.05, 4.69) is 16.4 Å². The van der Waals surface area contributed by atoms with Crippen molar-refractivity contribution in [3.05, 3.63) is 34.3 Å². The van der Waals surface area contributed by atoms with Crippen molar-refractivity contribution < 1.29 is 9.00 Å². The molecule has 0 unspecified atom stereocenters. The van der Waals surface area contributed by atoms with Gasteiger partial charge < -0.3 is 0 Å². The molecule has 1 aliphatic carbocycles. The number of hydrogen-bond donors (Lipinski definition) is 0. The first-order chi connectivity index (χ1) is 12.6. The van der Waals surface area contributed by atoms with Crippen LogP contribution in [0.5, 0.6) is 0 Å². The van der Waals surface area contributed by atoms with Gasteiger partial charge in [-0.05, 0) is 43.0 Å². The van der Waals surface area contributed by atoms with E-state index in [0.29, 0.717) is 17.9 Å². The molecule has 1 saturated carbocycles. The van der Waals surface area contributed by atoms with E-state index < -0.39 is 16.3 Å². The zero-order valence-corrected chi connectivity index (χ0v) is 16.0. The summed E-state index contributed by atoms with van der Waals surface area (Å²) in [6.07, 6.45) is 5.51. The summed E-state index contributed by atoms with van der Waals surface area (Å²) in [5, 5.41) is 21.7. The Balaban J connectivity index is 1.59. The van der Waals surface area contributed by atoms with Gasteiger partial charge in [0, 0.05) is 45.6 Å². The average molecular weight is 389 g/mol.